The van der Waals surface area contributed by atoms with Crippen LogP contribution in [0, 0.1) is 0 Å². The van der Waals surface area contributed by atoms with Gasteiger partial charge in [-0.2, -0.15) is 0 Å². The van der Waals surface area contributed by atoms with Gasteiger partial charge in [0.05, 0.1) is 30.9 Å². The minimum Gasteiger partial charge on any atom is -0.494 e. The Morgan fingerprint density at radius 2 is 1.29 bits per heavy atom. The molecule has 49 heavy (non-hydrogen) atoms. The highest BCUT2D eigenvalue weighted by Gasteiger charge is 2.12. The molecule has 0 bridgehead atoms. The lowest BCUT2D eigenvalue weighted by Gasteiger charge is -2.09. The van der Waals surface area contributed by atoms with Crippen LogP contribution in [0.4, 0.5) is 4.79 Å². The van der Waals surface area contributed by atoms with Crippen molar-refractivity contribution in [1.29, 1.82) is 0 Å². The van der Waals surface area contributed by atoms with E-state index in [0.29, 0.717) is 25.2 Å². The summed E-state index contributed by atoms with van der Waals surface area (Å²) >= 11 is 0. The summed E-state index contributed by atoms with van der Waals surface area (Å²) in [6.45, 7) is 18.2. The first-order chi connectivity index (χ1) is 23.5. The molecule has 0 aliphatic heterocycles. The quantitative estimate of drug-likeness (QED) is 0.0443. The normalized spacial score (nSPS) is 10.6. The summed E-state index contributed by atoms with van der Waals surface area (Å²) in [5.41, 5.74) is 0.721. The average Bonchev–Trinajstić information content (AvgIpc) is 3.10. The first-order valence-corrected chi connectivity index (χ1v) is 15.4. The van der Waals surface area contributed by atoms with Crippen molar-refractivity contribution < 1.29 is 52.4 Å². The molecule has 0 aliphatic carbocycles. The lowest BCUT2D eigenvalue weighted by atomic mass is 10.2. The molecule has 2 aromatic carbocycles. The van der Waals surface area contributed by atoms with Crippen molar-refractivity contribution >= 4 is 30.0 Å². The standard InChI is InChI=1S/C35H37NO11.C2H6/c1-6-28(46-34(40)27-11-16-29(17-12-27)42-21-8-9-22-43-31(37)7-2)15-10-25(5)45-33(39)26-13-18-30(19-14-26)47-35(41)36-20-23-44-32(38)24(3)4;1-2/h6-7,10-19H,1-3,8-9,20-23H2,4-5H3,(H,36,41);1-2H3/b25-10+,28-15+;. The Morgan fingerprint density at radius 3 is 1.86 bits per heavy atom. The predicted octanol–water partition coefficient (Wildman–Crippen LogP) is 6.80. The van der Waals surface area contributed by atoms with Gasteiger partial charge >= 0.3 is 30.0 Å². The Balaban J connectivity index is 0.00000589. The van der Waals surface area contributed by atoms with Crippen molar-refractivity contribution in [2.75, 3.05) is 26.4 Å². The third kappa shape index (κ3) is 17.0. The number of esters is 4. The molecule has 0 aliphatic rings. The van der Waals surface area contributed by atoms with E-state index in [9.17, 15) is 24.0 Å². The van der Waals surface area contributed by atoms with E-state index in [1.54, 1.807) is 31.2 Å². The predicted molar refractivity (Wildman–Crippen MR) is 183 cm³/mol. The van der Waals surface area contributed by atoms with E-state index in [1.165, 1.54) is 49.4 Å². The molecule has 0 spiro atoms. The minimum atomic E-state index is -0.768. The smallest absolute Gasteiger partial charge is 0.412 e. The van der Waals surface area contributed by atoms with E-state index < -0.39 is 30.0 Å². The fraction of sp³-hybridized carbons (Fsp3) is 0.270. The second kappa shape index (κ2) is 23.4. The van der Waals surface area contributed by atoms with Crippen LogP contribution in [0.1, 0.15) is 61.3 Å². The van der Waals surface area contributed by atoms with Crippen LogP contribution in [0.25, 0.3) is 0 Å². The van der Waals surface area contributed by atoms with Gasteiger partial charge in [0.15, 0.2) is 0 Å². The average molecular weight is 678 g/mol. The molecule has 0 heterocycles. The number of amides is 1. The maximum atomic E-state index is 12.6. The van der Waals surface area contributed by atoms with Crippen LogP contribution in [0.2, 0.25) is 0 Å². The zero-order valence-electron chi connectivity index (χ0n) is 28.3. The number of nitrogens with one attached hydrogen (secondary N) is 1. The van der Waals surface area contributed by atoms with Crippen LogP contribution in [0.15, 0.2) is 110 Å². The van der Waals surface area contributed by atoms with Gasteiger partial charge in [-0.05, 0) is 93.4 Å². The zero-order chi connectivity index (χ0) is 36.6. The molecular formula is C37H43NO11. The number of carbonyl (C=O) groups excluding carboxylic acids is 5. The molecule has 0 atom stereocenters. The van der Waals surface area contributed by atoms with Crippen LogP contribution in [0.3, 0.4) is 0 Å². The van der Waals surface area contributed by atoms with Gasteiger partial charge in [-0.3, -0.25) is 0 Å². The molecule has 1 amide bonds. The molecule has 2 aromatic rings. The zero-order valence-corrected chi connectivity index (χ0v) is 28.3. The van der Waals surface area contributed by atoms with Gasteiger partial charge in [0.2, 0.25) is 0 Å². The van der Waals surface area contributed by atoms with Gasteiger partial charge in [-0.25, -0.2) is 24.0 Å². The van der Waals surface area contributed by atoms with Crippen molar-refractivity contribution in [3.63, 3.8) is 0 Å². The molecule has 0 fully saturated rings. The van der Waals surface area contributed by atoms with Gasteiger partial charge in [0.1, 0.15) is 29.6 Å². The Morgan fingerprint density at radius 1 is 0.714 bits per heavy atom. The van der Waals surface area contributed by atoms with E-state index in [1.807, 2.05) is 13.8 Å². The minimum absolute atomic E-state index is 0.0406. The lowest BCUT2D eigenvalue weighted by Crippen LogP contribution is -2.30. The second-order valence-corrected chi connectivity index (χ2v) is 9.54. The van der Waals surface area contributed by atoms with Crippen molar-refractivity contribution in [3.05, 3.63) is 121 Å². The first-order valence-electron chi connectivity index (χ1n) is 15.4. The summed E-state index contributed by atoms with van der Waals surface area (Å²) in [5, 5.41) is 2.43. The number of allylic oxidation sites excluding steroid dienone is 4. The van der Waals surface area contributed by atoms with E-state index in [2.05, 4.69) is 25.1 Å². The lowest BCUT2D eigenvalue weighted by molar-refractivity contribution is -0.139. The highest BCUT2D eigenvalue weighted by Crippen LogP contribution is 2.17. The Labute approximate surface area is 286 Å². The first kappa shape index (κ1) is 41.1. The van der Waals surface area contributed by atoms with Gasteiger partial charge in [-0.1, -0.05) is 33.6 Å². The molecule has 0 unspecified atom stereocenters. The second-order valence-electron chi connectivity index (χ2n) is 9.54. The molecule has 12 heteroatoms. The van der Waals surface area contributed by atoms with Crippen LogP contribution in [-0.2, 0) is 28.5 Å². The fourth-order valence-electron chi connectivity index (χ4n) is 3.28. The van der Waals surface area contributed by atoms with E-state index in [0.717, 1.165) is 6.08 Å². The Kier molecular flexibility index (Phi) is 19.6. The SMILES string of the molecule is C=CC(=O)OCCCCOc1ccc(C(=O)O/C(C=C)=C/C=C(\C)OC(=O)c2ccc(OC(=O)NCCOC(=O)C(=C)C)cc2)cc1.CC. The number of carbonyl (C=O) groups is 5. The summed E-state index contributed by atoms with van der Waals surface area (Å²) < 4.78 is 31.2. The molecule has 2 rings (SSSR count). The summed E-state index contributed by atoms with van der Waals surface area (Å²) in [6.07, 6.45) is 5.84. The Bertz CT molecular complexity index is 1500. The summed E-state index contributed by atoms with van der Waals surface area (Å²) in [6, 6.07) is 12.0. The topological polar surface area (TPSA) is 153 Å². The van der Waals surface area contributed by atoms with Crippen LogP contribution < -0.4 is 14.8 Å². The van der Waals surface area contributed by atoms with Gasteiger partial charge in [-0.15, -0.1) is 0 Å². The highest BCUT2D eigenvalue weighted by molar-refractivity contribution is 5.91. The number of unbranched alkanes of at least 4 members (excludes halogenated alkanes) is 1. The maximum Gasteiger partial charge on any atom is 0.412 e. The molecule has 0 saturated carbocycles. The van der Waals surface area contributed by atoms with Crippen molar-refractivity contribution in [2.45, 2.75) is 40.5 Å². The van der Waals surface area contributed by atoms with Crippen molar-refractivity contribution in [2.24, 2.45) is 0 Å². The molecule has 0 aromatic heterocycles. The largest absolute Gasteiger partial charge is 0.494 e. The van der Waals surface area contributed by atoms with E-state index in [4.69, 9.17) is 28.4 Å². The molecule has 0 saturated heterocycles. The van der Waals surface area contributed by atoms with Gasteiger partial charge in [0, 0.05) is 11.6 Å². The van der Waals surface area contributed by atoms with E-state index in [-0.39, 0.29) is 53.7 Å². The number of benzene rings is 2. The molecule has 0 radical (unpaired) electrons. The molecule has 1 N–H and O–H groups in total. The molecule has 262 valence electrons. The maximum absolute atomic E-state index is 12.6. The highest BCUT2D eigenvalue weighted by atomic mass is 16.6. The monoisotopic (exact) mass is 677 g/mol. The van der Waals surface area contributed by atoms with Crippen LogP contribution >= 0.6 is 0 Å². The van der Waals surface area contributed by atoms with E-state index >= 15 is 0 Å². The number of ether oxygens (including phenoxy) is 6. The summed E-state index contributed by atoms with van der Waals surface area (Å²) in [4.78, 5) is 59.4. The van der Waals surface area contributed by atoms with Crippen LogP contribution in [0.5, 0.6) is 11.5 Å². The fourth-order valence-corrected chi connectivity index (χ4v) is 3.28. The van der Waals surface area contributed by atoms with Gasteiger partial charge < -0.3 is 33.7 Å². The summed E-state index contributed by atoms with van der Waals surface area (Å²) in [5.74, 6) is -1.26. The number of hydrogen-bond acceptors (Lipinski definition) is 11. The number of hydrogen-bond donors (Lipinski definition) is 1. The third-order valence-electron chi connectivity index (χ3n) is 5.71. The van der Waals surface area contributed by atoms with Gasteiger partial charge in [0.25, 0.3) is 0 Å². The number of rotatable bonds is 18. The molecular weight excluding hydrogens is 634 g/mol. The molecule has 12 nitrogen and oxygen atoms in total. The Hall–Kier alpha value is -5.91. The van der Waals surface area contributed by atoms with Crippen LogP contribution in [-0.4, -0.2) is 56.3 Å². The van der Waals surface area contributed by atoms with Crippen molar-refractivity contribution in [3.8, 4) is 11.5 Å². The van der Waals surface area contributed by atoms with Crippen molar-refractivity contribution in [1.82, 2.24) is 5.32 Å². The third-order valence-corrected chi connectivity index (χ3v) is 5.71. The summed E-state index contributed by atoms with van der Waals surface area (Å²) in [7, 11) is 0.